The molecule has 1 heterocycles. The Balaban J connectivity index is 1.80. The summed E-state index contributed by atoms with van der Waals surface area (Å²) in [7, 11) is 0. The van der Waals surface area contributed by atoms with E-state index < -0.39 is 17.7 Å². The number of hydrogen-bond donors (Lipinski definition) is 1. The van der Waals surface area contributed by atoms with Gasteiger partial charge in [0.2, 0.25) is 5.90 Å². The van der Waals surface area contributed by atoms with Crippen molar-refractivity contribution in [1.29, 1.82) is 0 Å². The largest absolute Gasteiger partial charge is 0.484 e. The van der Waals surface area contributed by atoms with Crippen LogP contribution in [-0.4, -0.2) is 24.4 Å². The van der Waals surface area contributed by atoms with E-state index in [1.54, 1.807) is 30.3 Å². The Morgan fingerprint density at radius 1 is 1.20 bits per heavy atom. The summed E-state index contributed by atoms with van der Waals surface area (Å²) in [5, 5.41) is 0. The molecule has 1 aliphatic heterocycles. The highest BCUT2D eigenvalue weighted by atomic mass is 19.1. The monoisotopic (exact) mass is 340 g/mol. The molecule has 0 fully saturated rings. The van der Waals surface area contributed by atoms with E-state index in [0.717, 1.165) is 0 Å². The molecule has 0 radical (unpaired) electrons. The van der Waals surface area contributed by atoms with Crippen LogP contribution in [0, 0.1) is 5.82 Å². The zero-order valence-corrected chi connectivity index (χ0v) is 12.9. The van der Waals surface area contributed by atoms with Crippen LogP contribution in [0.1, 0.15) is 11.1 Å². The Morgan fingerprint density at radius 2 is 1.92 bits per heavy atom. The molecule has 0 spiro atoms. The van der Waals surface area contributed by atoms with E-state index in [-0.39, 0.29) is 23.8 Å². The minimum absolute atomic E-state index is 0.0593. The van der Waals surface area contributed by atoms with Gasteiger partial charge in [-0.15, -0.1) is 0 Å². The standard InChI is InChI=1S/C18H13FN2O4/c19-14-4-2-1-3-13(14)17-21-15(18(23)25-17)9-11-5-7-12(8-6-11)24-10-16(20)22/h1-9H,10H2,(H2,20,22)/b15-9+. The Kier molecular flexibility index (Phi) is 4.56. The van der Waals surface area contributed by atoms with E-state index in [2.05, 4.69) is 4.99 Å². The summed E-state index contributed by atoms with van der Waals surface area (Å²) in [6, 6.07) is 12.5. The number of cyclic esters (lactones) is 1. The summed E-state index contributed by atoms with van der Waals surface area (Å²) < 4.78 is 23.9. The molecular weight excluding hydrogens is 327 g/mol. The first-order valence-electron chi connectivity index (χ1n) is 7.31. The molecule has 2 aromatic carbocycles. The number of hydrogen-bond acceptors (Lipinski definition) is 5. The van der Waals surface area contributed by atoms with Crippen LogP contribution in [-0.2, 0) is 14.3 Å². The maximum absolute atomic E-state index is 13.8. The number of aliphatic imine (C=N–C) groups is 1. The summed E-state index contributed by atoms with van der Waals surface area (Å²) >= 11 is 0. The lowest BCUT2D eigenvalue weighted by Crippen LogP contribution is -2.19. The zero-order chi connectivity index (χ0) is 17.8. The molecule has 1 aliphatic rings. The third kappa shape index (κ3) is 3.89. The van der Waals surface area contributed by atoms with E-state index in [9.17, 15) is 14.0 Å². The molecule has 0 bridgehead atoms. The van der Waals surface area contributed by atoms with Crippen LogP contribution in [0.5, 0.6) is 5.75 Å². The average Bonchev–Trinajstić information content (AvgIpc) is 2.95. The van der Waals surface area contributed by atoms with Crippen molar-refractivity contribution in [2.24, 2.45) is 10.7 Å². The number of esters is 1. The Labute approximate surface area is 142 Å². The Morgan fingerprint density at radius 3 is 2.60 bits per heavy atom. The SMILES string of the molecule is NC(=O)COc1ccc(/C=C2/N=C(c3ccccc3F)OC2=O)cc1. The van der Waals surface area contributed by atoms with Gasteiger partial charge in [-0.2, -0.15) is 0 Å². The van der Waals surface area contributed by atoms with Gasteiger partial charge >= 0.3 is 5.97 Å². The number of halogens is 1. The number of rotatable bonds is 5. The molecule has 0 atom stereocenters. The Bertz CT molecular complexity index is 888. The summed E-state index contributed by atoms with van der Waals surface area (Å²) in [4.78, 5) is 26.6. The second kappa shape index (κ2) is 6.96. The first-order chi connectivity index (χ1) is 12.0. The van der Waals surface area contributed by atoms with Gasteiger partial charge in [0.25, 0.3) is 5.91 Å². The summed E-state index contributed by atoms with van der Waals surface area (Å²) in [5.41, 5.74) is 5.84. The van der Waals surface area contributed by atoms with Crippen molar-refractivity contribution >= 4 is 23.9 Å². The first kappa shape index (κ1) is 16.4. The average molecular weight is 340 g/mol. The van der Waals surface area contributed by atoms with Gasteiger partial charge in [-0.3, -0.25) is 4.79 Å². The van der Waals surface area contributed by atoms with Crippen molar-refractivity contribution < 1.29 is 23.5 Å². The molecule has 7 heteroatoms. The highest BCUT2D eigenvalue weighted by Gasteiger charge is 2.25. The fourth-order valence-electron chi connectivity index (χ4n) is 2.13. The van der Waals surface area contributed by atoms with Crippen LogP contribution >= 0.6 is 0 Å². The molecule has 126 valence electrons. The maximum atomic E-state index is 13.8. The quantitative estimate of drug-likeness (QED) is 0.666. The maximum Gasteiger partial charge on any atom is 0.363 e. The molecule has 0 saturated carbocycles. The lowest BCUT2D eigenvalue weighted by Gasteiger charge is -2.03. The molecule has 0 aromatic heterocycles. The number of ether oxygens (including phenoxy) is 2. The van der Waals surface area contributed by atoms with E-state index in [1.807, 2.05) is 0 Å². The molecule has 3 rings (SSSR count). The van der Waals surface area contributed by atoms with Crippen LogP contribution in [0.25, 0.3) is 6.08 Å². The number of nitrogens with zero attached hydrogens (tertiary/aromatic N) is 1. The van der Waals surface area contributed by atoms with Crippen molar-refractivity contribution in [1.82, 2.24) is 0 Å². The molecule has 1 amide bonds. The van der Waals surface area contributed by atoms with Gasteiger partial charge in [-0.25, -0.2) is 14.2 Å². The van der Waals surface area contributed by atoms with E-state index in [4.69, 9.17) is 15.2 Å². The molecule has 0 unspecified atom stereocenters. The van der Waals surface area contributed by atoms with Crippen molar-refractivity contribution in [3.8, 4) is 5.75 Å². The van der Waals surface area contributed by atoms with E-state index in [0.29, 0.717) is 11.3 Å². The van der Waals surface area contributed by atoms with Crippen molar-refractivity contribution in [3.05, 3.63) is 71.2 Å². The molecule has 25 heavy (non-hydrogen) atoms. The third-order valence-corrected chi connectivity index (χ3v) is 3.29. The first-order valence-corrected chi connectivity index (χ1v) is 7.31. The summed E-state index contributed by atoms with van der Waals surface area (Å²) in [6.07, 6.45) is 1.51. The number of benzene rings is 2. The van der Waals surface area contributed by atoms with Gasteiger partial charge in [-0.05, 0) is 35.9 Å². The van der Waals surface area contributed by atoms with Crippen molar-refractivity contribution in [3.63, 3.8) is 0 Å². The molecule has 2 aromatic rings. The number of primary amides is 1. The lowest BCUT2D eigenvalue weighted by molar-refractivity contribution is -0.130. The smallest absolute Gasteiger partial charge is 0.363 e. The minimum atomic E-state index is -0.660. The molecule has 0 saturated heterocycles. The van der Waals surface area contributed by atoms with Crippen LogP contribution in [0.3, 0.4) is 0 Å². The highest BCUT2D eigenvalue weighted by Crippen LogP contribution is 2.21. The number of carbonyl (C=O) groups excluding carboxylic acids is 2. The van der Waals surface area contributed by atoms with Gasteiger partial charge in [0.1, 0.15) is 11.6 Å². The number of carbonyl (C=O) groups is 2. The van der Waals surface area contributed by atoms with E-state index in [1.165, 1.54) is 24.3 Å². The van der Waals surface area contributed by atoms with Crippen molar-refractivity contribution in [2.75, 3.05) is 6.61 Å². The topological polar surface area (TPSA) is 91.0 Å². The highest BCUT2D eigenvalue weighted by molar-refractivity contribution is 6.12. The van der Waals surface area contributed by atoms with E-state index >= 15 is 0 Å². The number of nitrogens with two attached hydrogens (primary N) is 1. The second-order valence-corrected chi connectivity index (χ2v) is 5.14. The normalized spacial score (nSPS) is 15.0. The Hall–Kier alpha value is -3.48. The summed E-state index contributed by atoms with van der Waals surface area (Å²) in [6.45, 7) is -0.219. The van der Waals surface area contributed by atoms with Gasteiger partial charge in [0, 0.05) is 0 Å². The lowest BCUT2D eigenvalue weighted by atomic mass is 10.2. The molecule has 0 aliphatic carbocycles. The number of amides is 1. The van der Waals surface area contributed by atoms with Crippen LogP contribution in [0.15, 0.2) is 59.2 Å². The molecular formula is C18H13FN2O4. The minimum Gasteiger partial charge on any atom is -0.484 e. The second-order valence-electron chi connectivity index (χ2n) is 5.14. The third-order valence-electron chi connectivity index (χ3n) is 3.29. The predicted octanol–water partition coefficient (Wildman–Crippen LogP) is 2.03. The van der Waals surface area contributed by atoms with Crippen LogP contribution in [0.2, 0.25) is 0 Å². The van der Waals surface area contributed by atoms with Gasteiger partial charge in [-0.1, -0.05) is 24.3 Å². The van der Waals surface area contributed by atoms with Crippen LogP contribution in [0.4, 0.5) is 4.39 Å². The molecule has 2 N–H and O–H groups in total. The van der Waals surface area contributed by atoms with Gasteiger partial charge < -0.3 is 15.2 Å². The predicted molar refractivity (Wildman–Crippen MR) is 88.1 cm³/mol. The molecule has 6 nitrogen and oxygen atoms in total. The van der Waals surface area contributed by atoms with Gasteiger partial charge in [0.05, 0.1) is 5.56 Å². The zero-order valence-electron chi connectivity index (χ0n) is 12.9. The summed E-state index contributed by atoms with van der Waals surface area (Å²) in [5.74, 6) is -1.37. The van der Waals surface area contributed by atoms with Gasteiger partial charge in [0.15, 0.2) is 12.3 Å². The fraction of sp³-hybridized carbons (Fsp3) is 0.0556. The van der Waals surface area contributed by atoms with Crippen LogP contribution < -0.4 is 10.5 Å². The van der Waals surface area contributed by atoms with Crippen molar-refractivity contribution in [2.45, 2.75) is 0 Å². The fourth-order valence-corrected chi connectivity index (χ4v) is 2.13.